The Bertz CT molecular complexity index is 890. The van der Waals surface area contributed by atoms with Crippen LogP contribution < -0.4 is 0 Å². The molecule has 1 aromatic heterocycles. The number of fused-ring (bicyclic) bond motifs is 1. The van der Waals surface area contributed by atoms with Gasteiger partial charge in [-0.25, -0.2) is 0 Å². The molecule has 0 radical (unpaired) electrons. The molecule has 1 amide bonds. The zero-order chi connectivity index (χ0) is 17.3. The maximum atomic E-state index is 12.7. The number of aromatic nitrogens is 2. The third-order valence-corrected chi connectivity index (χ3v) is 4.70. The molecule has 0 spiro atoms. The zero-order valence-corrected chi connectivity index (χ0v) is 14.7. The van der Waals surface area contributed by atoms with Gasteiger partial charge in [0.25, 0.3) is 0 Å². The van der Waals surface area contributed by atoms with Crippen LogP contribution in [0.25, 0.3) is 10.8 Å². The Morgan fingerprint density at radius 2 is 1.83 bits per heavy atom. The number of rotatable bonds is 4. The Morgan fingerprint density at radius 1 is 1.12 bits per heavy atom. The fourth-order valence-electron chi connectivity index (χ4n) is 3.13. The molecule has 0 saturated carbocycles. The van der Waals surface area contributed by atoms with Crippen LogP contribution in [-0.2, 0) is 24.8 Å². The molecule has 0 N–H and O–H groups in total. The van der Waals surface area contributed by atoms with E-state index in [-0.39, 0.29) is 5.91 Å². The summed E-state index contributed by atoms with van der Waals surface area (Å²) in [4.78, 5) is 14.5. The fraction of sp³-hybridized carbons (Fsp3) is 0.300. The molecule has 0 unspecified atom stereocenters. The molecule has 0 aliphatic rings. The van der Waals surface area contributed by atoms with E-state index in [4.69, 9.17) is 0 Å². The summed E-state index contributed by atoms with van der Waals surface area (Å²) in [5, 5.41) is 6.80. The molecule has 0 bridgehead atoms. The van der Waals surface area contributed by atoms with Crippen LogP contribution in [0.1, 0.15) is 22.5 Å². The van der Waals surface area contributed by atoms with Crippen LogP contribution in [0.2, 0.25) is 0 Å². The fourth-order valence-corrected chi connectivity index (χ4v) is 3.13. The second kappa shape index (κ2) is 6.48. The van der Waals surface area contributed by atoms with Gasteiger partial charge in [0, 0.05) is 31.9 Å². The van der Waals surface area contributed by atoms with Crippen molar-refractivity contribution in [3.8, 4) is 0 Å². The average Bonchev–Trinajstić information content (AvgIpc) is 2.81. The van der Waals surface area contributed by atoms with Gasteiger partial charge in [-0.2, -0.15) is 5.10 Å². The van der Waals surface area contributed by atoms with Crippen LogP contribution in [0, 0.1) is 13.8 Å². The summed E-state index contributed by atoms with van der Waals surface area (Å²) < 4.78 is 1.84. The topological polar surface area (TPSA) is 38.1 Å². The van der Waals surface area contributed by atoms with Gasteiger partial charge >= 0.3 is 0 Å². The number of hydrogen-bond acceptors (Lipinski definition) is 2. The molecule has 0 aliphatic heterocycles. The second-order valence-electron chi connectivity index (χ2n) is 6.34. The van der Waals surface area contributed by atoms with Crippen molar-refractivity contribution < 1.29 is 4.79 Å². The molecule has 0 fully saturated rings. The largest absolute Gasteiger partial charge is 0.341 e. The van der Waals surface area contributed by atoms with Gasteiger partial charge < -0.3 is 4.90 Å². The molecule has 0 saturated heterocycles. The van der Waals surface area contributed by atoms with E-state index >= 15 is 0 Å². The molecule has 3 aromatic rings. The van der Waals surface area contributed by atoms with Crippen LogP contribution in [0.4, 0.5) is 0 Å². The number of aryl methyl sites for hydroxylation is 2. The SMILES string of the molecule is Cc1nn(C)c(C)c1CC(=O)N(C)Cc1cccc2ccccc12. The second-order valence-corrected chi connectivity index (χ2v) is 6.34. The van der Waals surface area contributed by atoms with Crippen molar-refractivity contribution in [3.05, 3.63) is 65.0 Å². The molecule has 0 atom stereocenters. The highest BCUT2D eigenvalue weighted by molar-refractivity contribution is 5.86. The van der Waals surface area contributed by atoms with Gasteiger partial charge in [-0.15, -0.1) is 0 Å². The van der Waals surface area contributed by atoms with Crippen molar-refractivity contribution in [2.24, 2.45) is 7.05 Å². The highest BCUT2D eigenvalue weighted by Crippen LogP contribution is 2.20. The standard InChI is InChI=1S/C20H23N3O/c1-14-19(15(2)23(4)21-14)12-20(24)22(3)13-17-10-7-9-16-8-5-6-11-18(16)17/h5-11H,12-13H2,1-4H3. The van der Waals surface area contributed by atoms with Gasteiger partial charge in [-0.3, -0.25) is 9.48 Å². The molecular formula is C20H23N3O. The lowest BCUT2D eigenvalue weighted by Crippen LogP contribution is -2.28. The number of amides is 1. The normalized spacial score (nSPS) is 11.0. The third-order valence-electron chi connectivity index (χ3n) is 4.70. The first-order valence-corrected chi connectivity index (χ1v) is 8.17. The quantitative estimate of drug-likeness (QED) is 0.739. The summed E-state index contributed by atoms with van der Waals surface area (Å²) in [6, 6.07) is 14.5. The van der Waals surface area contributed by atoms with E-state index in [0.29, 0.717) is 13.0 Å². The highest BCUT2D eigenvalue weighted by Gasteiger charge is 2.17. The lowest BCUT2D eigenvalue weighted by molar-refractivity contribution is -0.129. The van der Waals surface area contributed by atoms with Gasteiger partial charge in [0.2, 0.25) is 5.91 Å². The predicted octanol–water partition coefficient (Wildman–Crippen LogP) is 3.39. The summed E-state index contributed by atoms with van der Waals surface area (Å²) in [5.41, 5.74) is 4.19. The van der Waals surface area contributed by atoms with Crippen molar-refractivity contribution in [1.82, 2.24) is 14.7 Å². The molecule has 2 aromatic carbocycles. The van der Waals surface area contributed by atoms with Crippen molar-refractivity contribution >= 4 is 16.7 Å². The van der Waals surface area contributed by atoms with E-state index in [1.807, 2.05) is 50.8 Å². The van der Waals surface area contributed by atoms with E-state index < -0.39 is 0 Å². The highest BCUT2D eigenvalue weighted by atomic mass is 16.2. The van der Waals surface area contributed by atoms with E-state index in [9.17, 15) is 4.79 Å². The predicted molar refractivity (Wildman–Crippen MR) is 96.8 cm³/mol. The Kier molecular flexibility index (Phi) is 4.38. The third kappa shape index (κ3) is 3.04. The first kappa shape index (κ1) is 16.2. The van der Waals surface area contributed by atoms with Crippen molar-refractivity contribution in [2.45, 2.75) is 26.8 Å². The van der Waals surface area contributed by atoms with Crippen molar-refractivity contribution in [1.29, 1.82) is 0 Å². The van der Waals surface area contributed by atoms with Gasteiger partial charge in [0.1, 0.15) is 0 Å². The van der Waals surface area contributed by atoms with Gasteiger partial charge in [-0.05, 0) is 30.2 Å². The summed E-state index contributed by atoms with van der Waals surface area (Å²) in [7, 11) is 3.78. The molecule has 3 rings (SSSR count). The lowest BCUT2D eigenvalue weighted by Gasteiger charge is -2.18. The molecule has 1 heterocycles. The molecule has 4 heteroatoms. The molecular weight excluding hydrogens is 298 g/mol. The number of carbonyl (C=O) groups excluding carboxylic acids is 1. The van der Waals surface area contributed by atoms with Gasteiger partial charge in [0.05, 0.1) is 12.1 Å². The maximum Gasteiger partial charge on any atom is 0.227 e. The van der Waals surface area contributed by atoms with E-state index in [1.165, 1.54) is 16.3 Å². The number of benzene rings is 2. The molecule has 124 valence electrons. The Hall–Kier alpha value is -2.62. The summed E-state index contributed by atoms with van der Waals surface area (Å²) >= 11 is 0. The zero-order valence-electron chi connectivity index (χ0n) is 14.7. The van der Waals surface area contributed by atoms with Crippen LogP contribution in [0.5, 0.6) is 0 Å². The van der Waals surface area contributed by atoms with Crippen LogP contribution in [0.3, 0.4) is 0 Å². The number of hydrogen-bond donors (Lipinski definition) is 0. The average molecular weight is 321 g/mol. The van der Waals surface area contributed by atoms with Crippen LogP contribution >= 0.6 is 0 Å². The monoisotopic (exact) mass is 321 g/mol. The number of nitrogens with zero attached hydrogens (tertiary/aromatic N) is 3. The minimum Gasteiger partial charge on any atom is -0.341 e. The molecule has 24 heavy (non-hydrogen) atoms. The minimum absolute atomic E-state index is 0.113. The van der Waals surface area contributed by atoms with E-state index in [0.717, 1.165) is 17.0 Å². The van der Waals surface area contributed by atoms with Gasteiger partial charge in [0.15, 0.2) is 0 Å². The van der Waals surface area contributed by atoms with Crippen LogP contribution in [-0.4, -0.2) is 27.6 Å². The summed E-state index contributed by atoms with van der Waals surface area (Å²) in [5.74, 6) is 0.113. The molecule has 0 aliphatic carbocycles. The van der Waals surface area contributed by atoms with Crippen molar-refractivity contribution in [2.75, 3.05) is 7.05 Å². The Labute approximate surface area is 142 Å². The first-order chi connectivity index (χ1) is 11.5. The number of likely N-dealkylation sites (N-methyl/N-ethyl adjacent to an activating group) is 1. The van der Waals surface area contributed by atoms with Gasteiger partial charge in [-0.1, -0.05) is 42.5 Å². The summed E-state index contributed by atoms with van der Waals surface area (Å²) in [6.45, 7) is 4.58. The van der Waals surface area contributed by atoms with Crippen LogP contribution in [0.15, 0.2) is 42.5 Å². The number of carbonyl (C=O) groups is 1. The molecule has 4 nitrogen and oxygen atoms in total. The minimum atomic E-state index is 0.113. The maximum absolute atomic E-state index is 12.7. The Morgan fingerprint density at radius 3 is 2.54 bits per heavy atom. The van der Waals surface area contributed by atoms with E-state index in [2.05, 4.69) is 29.4 Å². The van der Waals surface area contributed by atoms with Crippen molar-refractivity contribution in [3.63, 3.8) is 0 Å². The Balaban J connectivity index is 1.79. The lowest BCUT2D eigenvalue weighted by atomic mass is 10.0. The van der Waals surface area contributed by atoms with E-state index in [1.54, 1.807) is 4.90 Å². The summed E-state index contributed by atoms with van der Waals surface area (Å²) in [6.07, 6.45) is 0.396. The smallest absolute Gasteiger partial charge is 0.227 e. The first-order valence-electron chi connectivity index (χ1n) is 8.17.